The highest BCUT2D eigenvalue weighted by atomic mass is 32.1. The summed E-state index contributed by atoms with van der Waals surface area (Å²) in [6.45, 7) is 0. The first-order valence-corrected chi connectivity index (χ1v) is 7.73. The quantitative estimate of drug-likeness (QED) is 0.808. The molecule has 4 rings (SSSR count). The number of carbonyl (C=O) groups is 1. The molecule has 1 saturated carbocycles. The summed E-state index contributed by atoms with van der Waals surface area (Å²) >= 11 is 1.48. The Kier molecular flexibility index (Phi) is 2.78. The first-order chi connectivity index (χ1) is 10.2. The van der Waals surface area contributed by atoms with Gasteiger partial charge in [-0.05, 0) is 25.0 Å². The van der Waals surface area contributed by atoms with E-state index in [0.717, 1.165) is 15.9 Å². The molecule has 1 amide bonds. The fourth-order valence-electron chi connectivity index (χ4n) is 2.45. The highest BCUT2D eigenvalue weighted by Gasteiger charge is 2.28. The summed E-state index contributed by atoms with van der Waals surface area (Å²) in [5.41, 5.74) is 1.66. The van der Waals surface area contributed by atoms with Crippen LogP contribution in [-0.2, 0) is 7.05 Å². The Bertz CT molecular complexity index is 831. The molecule has 0 bridgehead atoms. The zero-order valence-electron chi connectivity index (χ0n) is 11.5. The van der Waals surface area contributed by atoms with Gasteiger partial charge in [-0.1, -0.05) is 29.5 Å². The van der Waals surface area contributed by atoms with Gasteiger partial charge in [0, 0.05) is 23.9 Å². The average Bonchev–Trinajstić information content (AvgIpc) is 3.15. The second-order valence-corrected chi connectivity index (χ2v) is 6.33. The van der Waals surface area contributed by atoms with Crippen molar-refractivity contribution in [2.45, 2.75) is 18.8 Å². The maximum absolute atomic E-state index is 12.4. The van der Waals surface area contributed by atoms with E-state index in [4.69, 9.17) is 0 Å². The first-order valence-electron chi connectivity index (χ1n) is 6.91. The van der Waals surface area contributed by atoms with E-state index >= 15 is 0 Å². The van der Waals surface area contributed by atoms with Gasteiger partial charge in [0.15, 0.2) is 0 Å². The van der Waals surface area contributed by atoms with Gasteiger partial charge in [0.1, 0.15) is 10.7 Å². The van der Waals surface area contributed by atoms with Crippen LogP contribution in [0, 0.1) is 0 Å². The molecule has 0 spiro atoms. The van der Waals surface area contributed by atoms with Gasteiger partial charge in [-0.25, -0.2) is 0 Å². The van der Waals surface area contributed by atoms with Crippen LogP contribution in [0.3, 0.4) is 0 Å². The number of benzene rings is 1. The number of fused-ring (bicyclic) bond motifs is 1. The second-order valence-electron chi connectivity index (χ2n) is 5.32. The van der Waals surface area contributed by atoms with E-state index in [1.165, 1.54) is 24.2 Å². The maximum Gasteiger partial charge on any atom is 0.274 e. The van der Waals surface area contributed by atoms with E-state index in [0.29, 0.717) is 16.7 Å². The first kappa shape index (κ1) is 12.5. The zero-order valence-corrected chi connectivity index (χ0v) is 12.4. The van der Waals surface area contributed by atoms with E-state index < -0.39 is 0 Å². The lowest BCUT2D eigenvalue weighted by molar-refractivity contribution is 0.101. The average molecular weight is 298 g/mol. The second kappa shape index (κ2) is 4.66. The minimum Gasteiger partial charge on any atom is -0.340 e. The molecule has 0 radical (unpaired) electrons. The van der Waals surface area contributed by atoms with E-state index in [2.05, 4.69) is 15.5 Å². The molecule has 1 aliphatic carbocycles. The number of para-hydroxylation sites is 1. The third-order valence-corrected chi connectivity index (χ3v) is 4.77. The Morgan fingerprint density at radius 1 is 1.33 bits per heavy atom. The molecule has 2 aromatic heterocycles. The Balaban J connectivity index is 1.61. The monoisotopic (exact) mass is 298 g/mol. The summed E-state index contributed by atoms with van der Waals surface area (Å²) in [4.78, 5) is 12.4. The zero-order chi connectivity index (χ0) is 14.4. The van der Waals surface area contributed by atoms with Crippen molar-refractivity contribution in [2.75, 3.05) is 5.32 Å². The molecule has 1 aromatic carbocycles. The van der Waals surface area contributed by atoms with Crippen molar-refractivity contribution in [2.24, 2.45) is 7.05 Å². The van der Waals surface area contributed by atoms with Crippen LogP contribution >= 0.6 is 11.3 Å². The van der Waals surface area contributed by atoms with Gasteiger partial charge in [-0.3, -0.25) is 10.1 Å². The fourth-order valence-corrected chi connectivity index (χ4v) is 3.36. The lowest BCUT2D eigenvalue weighted by Crippen LogP contribution is -2.15. The Hall–Kier alpha value is -2.21. The molecule has 6 heteroatoms. The summed E-state index contributed by atoms with van der Waals surface area (Å²) < 4.78 is 1.90. The van der Waals surface area contributed by atoms with Gasteiger partial charge in [0.25, 0.3) is 5.91 Å². The predicted molar refractivity (Wildman–Crippen MR) is 82.8 cm³/mol. The molecular formula is C15H14N4OS. The number of amides is 1. The van der Waals surface area contributed by atoms with Crippen LogP contribution in [0.5, 0.6) is 0 Å². The smallest absolute Gasteiger partial charge is 0.274 e. The fraction of sp³-hybridized carbons (Fsp3) is 0.267. The highest BCUT2D eigenvalue weighted by molar-refractivity contribution is 7.15. The van der Waals surface area contributed by atoms with Crippen molar-refractivity contribution in [3.63, 3.8) is 0 Å². The number of hydrogen-bond acceptors (Lipinski definition) is 4. The molecule has 3 aromatic rings. The SMILES string of the molecule is Cn1c(C(=O)Nc2nnc(C3CC3)s2)cc2ccccc21. The van der Waals surface area contributed by atoms with Crippen LogP contribution in [0.15, 0.2) is 30.3 Å². The van der Waals surface area contributed by atoms with Gasteiger partial charge in [-0.2, -0.15) is 0 Å². The molecule has 2 heterocycles. The molecule has 1 fully saturated rings. The summed E-state index contributed by atoms with van der Waals surface area (Å²) in [5.74, 6) is 0.415. The standard InChI is InChI=1S/C15H14N4OS/c1-19-11-5-3-2-4-10(11)8-12(19)13(20)16-15-18-17-14(21-15)9-6-7-9/h2-5,8-9H,6-7H2,1H3,(H,16,18,20). The van der Waals surface area contributed by atoms with Crippen molar-refractivity contribution >= 4 is 33.3 Å². The highest BCUT2D eigenvalue weighted by Crippen LogP contribution is 2.42. The maximum atomic E-state index is 12.4. The van der Waals surface area contributed by atoms with Gasteiger partial charge in [0.05, 0.1) is 0 Å². The van der Waals surface area contributed by atoms with Crippen molar-refractivity contribution in [1.29, 1.82) is 0 Å². The van der Waals surface area contributed by atoms with Gasteiger partial charge in [0.2, 0.25) is 5.13 Å². The molecule has 1 aliphatic rings. The van der Waals surface area contributed by atoms with Crippen LogP contribution in [-0.4, -0.2) is 20.7 Å². The molecule has 0 unspecified atom stereocenters. The topological polar surface area (TPSA) is 59.8 Å². The number of aryl methyl sites for hydroxylation is 1. The molecule has 21 heavy (non-hydrogen) atoms. The third-order valence-electron chi connectivity index (χ3n) is 3.77. The summed E-state index contributed by atoms with van der Waals surface area (Å²) in [7, 11) is 1.90. The number of nitrogens with one attached hydrogen (secondary N) is 1. The Morgan fingerprint density at radius 3 is 2.90 bits per heavy atom. The molecule has 0 saturated heterocycles. The summed E-state index contributed by atoms with van der Waals surface area (Å²) in [6.07, 6.45) is 2.37. The van der Waals surface area contributed by atoms with E-state index in [-0.39, 0.29) is 5.91 Å². The Labute approximate surface area is 125 Å². The van der Waals surface area contributed by atoms with E-state index in [9.17, 15) is 4.79 Å². The number of nitrogens with zero attached hydrogens (tertiary/aromatic N) is 3. The van der Waals surface area contributed by atoms with Crippen molar-refractivity contribution in [3.05, 3.63) is 41.0 Å². The third kappa shape index (κ3) is 2.21. The number of anilines is 1. The van der Waals surface area contributed by atoms with Gasteiger partial charge < -0.3 is 4.57 Å². The normalized spacial score (nSPS) is 14.5. The van der Waals surface area contributed by atoms with E-state index in [1.807, 2.05) is 41.9 Å². The Morgan fingerprint density at radius 2 is 2.14 bits per heavy atom. The summed E-state index contributed by atoms with van der Waals surface area (Å²) in [6, 6.07) is 9.84. The largest absolute Gasteiger partial charge is 0.340 e. The number of carbonyl (C=O) groups excluding carboxylic acids is 1. The molecule has 5 nitrogen and oxygen atoms in total. The number of hydrogen-bond donors (Lipinski definition) is 1. The van der Waals surface area contributed by atoms with Crippen molar-refractivity contribution in [3.8, 4) is 0 Å². The van der Waals surface area contributed by atoms with Crippen LogP contribution in [0.2, 0.25) is 0 Å². The van der Waals surface area contributed by atoms with Gasteiger partial charge in [-0.15, -0.1) is 10.2 Å². The molecular weight excluding hydrogens is 284 g/mol. The molecule has 106 valence electrons. The van der Waals surface area contributed by atoms with Crippen molar-refractivity contribution in [1.82, 2.24) is 14.8 Å². The van der Waals surface area contributed by atoms with Crippen LogP contribution in [0.25, 0.3) is 10.9 Å². The molecule has 0 aliphatic heterocycles. The molecule has 0 atom stereocenters. The number of rotatable bonds is 3. The minimum absolute atomic E-state index is 0.146. The lowest BCUT2D eigenvalue weighted by atomic mass is 10.2. The minimum atomic E-state index is -0.146. The van der Waals surface area contributed by atoms with Crippen LogP contribution in [0.1, 0.15) is 34.3 Å². The van der Waals surface area contributed by atoms with Crippen molar-refractivity contribution < 1.29 is 4.79 Å². The van der Waals surface area contributed by atoms with Gasteiger partial charge >= 0.3 is 0 Å². The summed E-state index contributed by atoms with van der Waals surface area (Å²) in [5, 5.41) is 13.7. The predicted octanol–water partition coefficient (Wildman–Crippen LogP) is 3.16. The molecule has 1 N–H and O–H groups in total. The van der Waals surface area contributed by atoms with Crippen LogP contribution in [0.4, 0.5) is 5.13 Å². The lowest BCUT2D eigenvalue weighted by Gasteiger charge is -2.03. The van der Waals surface area contributed by atoms with Crippen LogP contribution < -0.4 is 5.32 Å². The number of aromatic nitrogens is 3. The van der Waals surface area contributed by atoms with E-state index in [1.54, 1.807) is 0 Å².